The van der Waals surface area contributed by atoms with Gasteiger partial charge in [0.15, 0.2) is 11.6 Å². The molecule has 0 N–H and O–H groups in total. The lowest BCUT2D eigenvalue weighted by Gasteiger charge is -2.39. The van der Waals surface area contributed by atoms with Gasteiger partial charge in [-0.2, -0.15) is 0 Å². The van der Waals surface area contributed by atoms with E-state index in [0.29, 0.717) is 16.7 Å². The third-order valence-corrected chi connectivity index (χ3v) is 8.38. The highest BCUT2D eigenvalue weighted by Crippen LogP contribution is 2.45. The normalized spacial score (nSPS) is 15.7. The first-order valence-electron chi connectivity index (χ1n) is 14.9. The molecular formula is C37H42N2O2. The van der Waals surface area contributed by atoms with Crippen molar-refractivity contribution in [1.29, 1.82) is 0 Å². The molecule has 5 rings (SSSR count). The zero-order valence-corrected chi connectivity index (χ0v) is 25.6. The monoisotopic (exact) mass is 546 g/mol. The van der Waals surface area contributed by atoms with Crippen LogP contribution in [0.5, 0.6) is 0 Å². The number of carbonyl (C=O) groups is 2. The summed E-state index contributed by atoms with van der Waals surface area (Å²) in [5, 5.41) is 0. The molecule has 2 aliphatic rings. The van der Waals surface area contributed by atoms with E-state index in [-0.39, 0.29) is 35.2 Å². The molecule has 41 heavy (non-hydrogen) atoms. The maximum absolute atomic E-state index is 14.3. The Hall–Kier alpha value is -3.92. The van der Waals surface area contributed by atoms with Gasteiger partial charge in [-0.05, 0) is 52.0 Å². The van der Waals surface area contributed by atoms with Crippen LogP contribution in [-0.4, -0.2) is 17.7 Å². The quantitative estimate of drug-likeness (QED) is 0.296. The third kappa shape index (κ3) is 4.94. The number of rotatable bonds is 7. The molecule has 1 aliphatic heterocycles. The van der Waals surface area contributed by atoms with Crippen LogP contribution in [0.2, 0.25) is 0 Å². The molecule has 0 spiro atoms. The van der Waals surface area contributed by atoms with Crippen molar-refractivity contribution in [2.24, 2.45) is 0 Å². The van der Waals surface area contributed by atoms with Gasteiger partial charge in [-0.25, -0.2) is 0 Å². The summed E-state index contributed by atoms with van der Waals surface area (Å²) in [7, 11) is 0. The van der Waals surface area contributed by atoms with Crippen molar-refractivity contribution in [1.82, 2.24) is 0 Å². The van der Waals surface area contributed by atoms with Crippen molar-refractivity contribution >= 4 is 22.9 Å². The number of nitrogens with zero attached hydrogens (tertiary/aromatic N) is 2. The van der Waals surface area contributed by atoms with Gasteiger partial charge in [0.05, 0.1) is 0 Å². The van der Waals surface area contributed by atoms with Gasteiger partial charge in [-0.3, -0.25) is 9.59 Å². The molecule has 4 nitrogen and oxygen atoms in total. The summed E-state index contributed by atoms with van der Waals surface area (Å²) in [6, 6.07) is 20.2. The average Bonchev–Trinajstić information content (AvgIpc) is 3.38. The van der Waals surface area contributed by atoms with Gasteiger partial charge in [0, 0.05) is 40.5 Å². The molecule has 0 unspecified atom stereocenters. The zero-order valence-electron chi connectivity index (χ0n) is 25.6. The Bertz CT molecular complexity index is 1430. The highest BCUT2D eigenvalue weighted by atomic mass is 16.1. The molecule has 4 heteroatoms. The van der Waals surface area contributed by atoms with Crippen LogP contribution in [0.1, 0.15) is 122 Å². The number of benzene rings is 3. The van der Waals surface area contributed by atoms with E-state index in [1.54, 1.807) is 18.2 Å². The minimum Gasteiger partial charge on any atom is -0.321 e. The number of anilines is 2. The smallest absolute Gasteiger partial charge is 0.193 e. The Kier molecular flexibility index (Phi) is 7.78. The number of para-hydroxylation sites is 2. The molecule has 0 radical (unpaired) electrons. The van der Waals surface area contributed by atoms with Crippen LogP contribution in [-0.2, 0) is 0 Å². The van der Waals surface area contributed by atoms with E-state index in [9.17, 15) is 9.59 Å². The molecule has 212 valence electrons. The van der Waals surface area contributed by atoms with Gasteiger partial charge < -0.3 is 9.80 Å². The van der Waals surface area contributed by atoms with Crippen LogP contribution in [0.3, 0.4) is 0 Å². The highest BCUT2D eigenvalue weighted by molar-refractivity contribution is 6.25. The Morgan fingerprint density at radius 2 is 0.927 bits per heavy atom. The number of Topliss-reactive ketones (excluding diaryl/α,β-unsaturated/α-hetero) is 1. The second-order valence-electron chi connectivity index (χ2n) is 12.5. The Labute approximate surface area is 245 Å². The van der Waals surface area contributed by atoms with Crippen LogP contribution >= 0.6 is 0 Å². The van der Waals surface area contributed by atoms with Crippen molar-refractivity contribution in [2.45, 2.75) is 85.2 Å². The van der Waals surface area contributed by atoms with Crippen molar-refractivity contribution in [3.05, 3.63) is 118 Å². The van der Waals surface area contributed by atoms with Gasteiger partial charge in [0.2, 0.25) is 0 Å². The van der Waals surface area contributed by atoms with Gasteiger partial charge in [-0.1, -0.05) is 116 Å². The van der Waals surface area contributed by atoms with Crippen molar-refractivity contribution in [3.63, 3.8) is 0 Å². The predicted octanol–water partition coefficient (Wildman–Crippen LogP) is 9.31. The molecule has 0 atom stereocenters. The number of hydrogen-bond donors (Lipinski definition) is 0. The molecule has 0 fully saturated rings. The number of allylic oxidation sites excluding steroid dienone is 1. The summed E-state index contributed by atoms with van der Waals surface area (Å²) < 4.78 is 0. The molecule has 0 saturated carbocycles. The van der Waals surface area contributed by atoms with Crippen LogP contribution in [0, 0.1) is 0 Å². The Morgan fingerprint density at radius 3 is 1.32 bits per heavy atom. The SMILES string of the molecule is CC(C)c1cccc(C(C)C)c1N1C=CN(c2c(C(C)C)cccc2C(C)C)C1C1=CC(=O)c2ccccc2C1=O. The summed E-state index contributed by atoms with van der Waals surface area (Å²) in [4.78, 5) is 32.3. The fraction of sp³-hybridized carbons (Fsp3) is 0.351. The maximum atomic E-state index is 14.3. The largest absolute Gasteiger partial charge is 0.321 e. The summed E-state index contributed by atoms with van der Waals surface area (Å²) in [5.41, 5.74) is 8.59. The van der Waals surface area contributed by atoms with E-state index in [4.69, 9.17) is 0 Å². The third-order valence-electron chi connectivity index (χ3n) is 8.38. The Morgan fingerprint density at radius 1 is 0.537 bits per heavy atom. The van der Waals surface area contributed by atoms with E-state index in [1.807, 2.05) is 12.1 Å². The summed E-state index contributed by atoms with van der Waals surface area (Å²) in [6.07, 6.45) is 5.30. The van der Waals surface area contributed by atoms with Gasteiger partial charge in [0.25, 0.3) is 0 Å². The van der Waals surface area contributed by atoms with Gasteiger partial charge in [-0.15, -0.1) is 0 Å². The molecule has 1 heterocycles. The molecule has 3 aromatic rings. The van der Waals surface area contributed by atoms with Gasteiger partial charge in [0.1, 0.15) is 6.17 Å². The second kappa shape index (κ2) is 11.2. The van der Waals surface area contributed by atoms with Gasteiger partial charge >= 0.3 is 0 Å². The minimum absolute atomic E-state index is 0.0925. The predicted molar refractivity (Wildman–Crippen MR) is 170 cm³/mol. The molecule has 0 aromatic heterocycles. The van der Waals surface area contributed by atoms with E-state index in [0.717, 1.165) is 11.4 Å². The number of hydrogen-bond acceptors (Lipinski definition) is 4. The van der Waals surface area contributed by atoms with Crippen LogP contribution in [0.15, 0.2) is 84.7 Å². The standard InChI is InChI=1S/C37H42N2O2/c1-22(2)26-15-11-16-27(23(3)4)34(26)38-19-20-39(35-28(24(5)6)17-12-18-29(35)25(7)8)37(38)32-21-33(40)30-13-9-10-14-31(30)36(32)41/h9-25,37H,1-8H3. The number of fused-ring (bicyclic) bond motifs is 1. The highest BCUT2D eigenvalue weighted by Gasteiger charge is 2.41. The first-order valence-corrected chi connectivity index (χ1v) is 14.9. The lowest BCUT2D eigenvalue weighted by molar-refractivity contribution is 0.0979. The molecular weight excluding hydrogens is 504 g/mol. The summed E-state index contributed by atoms with van der Waals surface area (Å²) in [5.74, 6) is 0.895. The molecule has 3 aromatic carbocycles. The molecule has 0 amide bonds. The van der Waals surface area contributed by atoms with Crippen molar-refractivity contribution < 1.29 is 9.59 Å². The topological polar surface area (TPSA) is 40.6 Å². The Balaban J connectivity index is 1.80. The van der Waals surface area contributed by atoms with Crippen LogP contribution in [0.25, 0.3) is 0 Å². The molecule has 1 aliphatic carbocycles. The second-order valence-corrected chi connectivity index (χ2v) is 12.5. The van der Waals surface area contributed by atoms with Crippen molar-refractivity contribution in [2.75, 3.05) is 9.80 Å². The molecule has 0 bridgehead atoms. The van der Waals surface area contributed by atoms with E-state index >= 15 is 0 Å². The van der Waals surface area contributed by atoms with Crippen molar-refractivity contribution in [3.8, 4) is 0 Å². The van der Waals surface area contributed by atoms with E-state index in [1.165, 1.54) is 22.3 Å². The summed E-state index contributed by atoms with van der Waals surface area (Å²) >= 11 is 0. The van der Waals surface area contributed by atoms with Crippen LogP contribution < -0.4 is 9.80 Å². The summed E-state index contributed by atoms with van der Waals surface area (Å²) in [6.45, 7) is 17.7. The minimum atomic E-state index is -0.505. The molecule has 0 saturated heterocycles. The number of carbonyl (C=O) groups excluding carboxylic acids is 2. The van der Waals surface area contributed by atoms with E-state index in [2.05, 4.69) is 114 Å². The average molecular weight is 547 g/mol. The lowest BCUT2D eigenvalue weighted by atomic mass is 9.86. The first-order chi connectivity index (χ1) is 19.5. The lowest BCUT2D eigenvalue weighted by Crippen LogP contribution is -2.45. The fourth-order valence-corrected chi connectivity index (χ4v) is 6.28. The fourth-order valence-electron chi connectivity index (χ4n) is 6.28. The van der Waals surface area contributed by atoms with E-state index < -0.39 is 6.17 Å². The first kappa shape index (κ1) is 28.6. The number of ketones is 2. The zero-order chi connectivity index (χ0) is 29.6. The van der Waals surface area contributed by atoms with Crippen LogP contribution in [0.4, 0.5) is 11.4 Å². The maximum Gasteiger partial charge on any atom is 0.193 e.